The van der Waals surface area contributed by atoms with Gasteiger partial charge in [-0.15, -0.1) is 0 Å². The van der Waals surface area contributed by atoms with Crippen LogP contribution in [0.2, 0.25) is 0 Å². The zero-order valence-electron chi connectivity index (χ0n) is 9.47. The lowest BCUT2D eigenvalue weighted by molar-refractivity contribution is 0.291. The summed E-state index contributed by atoms with van der Waals surface area (Å²) in [6, 6.07) is 5.85. The summed E-state index contributed by atoms with van der Waals surface area (Å²) in [6.07, 6.45) is 1.69. The lowest BCUT2D eigenvalue weighted by Gasteiger charge is -2.15. The van der Waals surface area contributed by atoms with E-state index in [1.165, 1.54) is 11.5 Å². The highest BCUT2D eigenvalue weighted by molar-refractivity contribution is 6.48. The average molecular weight is 218 g/mol. The summed E-state index contributed by atoms with van der Waals surface area (Å²) in [6.45, 7) is 4.96. The molecule has 0 saturated heterocycles. The molecule has 0 spiro atoms. The Morgan fingerprint density at radius 2 is 2.12 bits per heavy atom. The van der Waals surface area contributed by atoms with E-state index in [9.17, 15) is 0 Å². The molecule has 2 rings (SSSR count). The second-order valence-electron chi connectivity index (χ2n) is 4.70. The summed E-state index contributed by atoms with van der Waals surface area (Å²) >= 11 is 0. The van der Waals surface area contributed by atoms with Gasteiger partial charge < -0.3 is 14.8 Å². The number of fused-ring (bicyclic) bond motifs is 1. The fraction of sp³-hybridized carbons (Fsp3) is 0.333. The molecular weight excluding hydrogens is 203 g/mol. The van der Waals surface area contributed by atoms with Gasteiger partial charge in [0.25, 0.3) is 0 Å². The van der Waals surface area contributed by atoms with Crippen molar-refractivity contribution in [2.24, 2.45) is 0 Å². The van der Waals surface area contributed by atoms with Crippen molar-refractivity contribution in [3.63, 3.8) is 0 Å². The normalized spacial score (nSPS) is 17.2. The van der Waals surface area contributed by atoms with E-state index in [1.807, 2.05) is 18.2 Å². The Balaban J connectivity index is 2.32. The highest BCUT2D eigenvalue weighted by atomic mass is 16.5. The van der Waals surface area contributed by atoms with Crippen LogP contribution < -0.4 is 4.74 Å². The van der Waals surface area contributed by atoms with Crippen molar-refractivity contribution in [1.82, 2.24) is 0 Å². The van der Waals surface area contributed by atoms with E-state index in [4.69, 9.17) is 14.8 Å². The maximum absolute atomic E-state index is 8.75. The second-order valence-corrected chi connectivity index (χ2v) is 4.70. The molecule has 0 unspecified atom stereocenters. The van der Waals surface area contributed by atoms with E-state index in [0.717, 1.165) is 11.3 Å². The van der Waals surface area contributed by atoms with Gasteiger partial charge in [0.1, 0.15) is 5.75 Å². The van der Waals surface area contributed by atoms with Crippen molar-refractivity contribution >= 4 is 13.2 Å². The molecule has 84 valence electrons. The molecule has 0 bridgehead atoms. The molecule has 0 fully saturated rings. The third kappa shape index (κ3) is 2.13. The predicted octanol–water partition coefficient (Wildman–Crippen LogP) is 1.38. The number of hydrogen-bond acceptors (Lipinski definition) is 3. The maximum Gasteiger partial charge on any atom is 0.480 e. The van der Waals surface area contributed by atoms with Crippen molar-refractivity contribution in [2.45, 2.75) is 19.3 Å². The predicted molar refractivity (Wildman–Crippen MR) is 64.2 cm³/mol. The van der Waals surface area contributed by atoms with Crippen LogP contribution in [0.5, 0.6) is 5.75 Å². The zero-order valence-corrected chi connectivity index (χ0v) is 9.47. The van der Waals surface area contributed by atoms with E-state index in [-0.39, 0.29) is 5.41 Å². The first kappa shape index (κ1) is 11.2. The molecule has 0 saturated carbocycles. The van der Waals surface area contributed by atoms with Crippen molar-refractivity contribution < 1.29 is 14.8 Å². The molecule has 0 aromatic heterocycles. The summed E-state index contributed by atoms with van der Waals surface area (Å²) in [5, 5.41) is 17.5. The van der Waals surface area contributed by atoms with Gasteiger partial charge in [-0.05, 0) is 17.7 Å². The summed E-state index contributed by atoms with van der Waals surface area (Å²) in [5.41, 5.74) is 2.14. The van der Waals surface area contributed by atoms with Crippen LogP contribution in [0.25, 0.3) is 6.08 Å². The lowest BCUT2D eigenvalue weighted by Crippen LogP contribution is -2.18. The van der Waals surface area contributed by atoms with Gasteiger partial charge in [0, 0.05) is 11.0 Å². The van der Waals surface area contributed by atoms with Crippen LogP contribution in [0.1, 0.15) is 25.0 Å². The molecule has 1 aromatic carbocycles. The molecule has 0 atom stereocenters. The Kier molecular flexibility index (Phi) is 2.78. The quantitative estimate of drug-likeness (QED) is 0.737. The van der Waals surface area contributed by atoms with Crippen LogP contribution in [0.15, 0.2) is 24.2 Å². The number of rotatable bonds is 2. The zero-order chi connectivity index (χ0) is 11.8. The van der Waals surface area contributed by atoms with Gasteiger partial charge >= 0.3 is 7.12 Å². The minimum atomic E-state index is -1.41. The van der Waals surface area contributed by atoms with Crippen molar-refractivity contribution in [3.05, 3.63) is 35.3 Å². The average Bonchev–Trinajstić information content (AvgIpc) is 2.52. The Bertz CT molecular complexity index is 424. The van der Waals surface area contributed by atoms with Crippen LogP contribution >= 0.6 is 0 Å². The third-order valence-corrected chi connectivity index (χ3v) is 2.78. The molecule has 1 aromatic rings. The summed E-state index contributed by atoms with van der Waals surface area (Å²) < 4.78 is 5.57. The van der Waals surface area contributed by atoms with Crippen molar-refractivity contribution in [2.75, 3.05) is 6.61 Å². The number of hydrogen-bond donors (Lipinski definition) is 2. The van der Waals surface area contributed by atoms with Crippen LogP contribution in [0, 0.1) is 0 Å². The van der Waals surface area contributed by atoms with Crippen LogP contribution in [-0.4, -0.2) is 23.8 Å². The first-order chi connectivity index (χ1) is 7.49. The molecule has 1 aliphatic rings. The van der Waals surface area contributed by atoms with Gasteiger partial charge in [0.2, 0.25) is 0 Å². The van der Waals surface area contributed by atoms with Crippen molar-refractivity contribution in [1.29, 1.82) is 0 Å². The molecule has 16 heavy (non-hydrogen) atoms. The monoisotopic (exact) mass is 218 g/mol. The molecule has 1 aliphatic heterocycles. The molecule has 2 N–H and O–H groups in total. The minimum Gasteiger partial charge on any atom is -0.492 e. The molecule has 0 radical (unpaired) electrons. The van der Waals surface area contributed by atoms with Gasteiger partial charge in [-0.2, -0.15) is 0 Å². The van der Waals surface area contributed by atoms with Gasteiger partial charge in [-0.3, -0.25) is 0 Å². The lowest BCUT2D eigenvalue weighted by atomic mass is 9.85. The van der Waals surface area contributed by atoms with Crippen LogP contribution in [0.4, 0.5) is 0 Å². The van der Waals surface area contributed by atoms with Crippen molar-refractivity contribution in [3.8, 4) is 5.75 Å². The van der Waals surface area contributed by atoms with Gasteiger partial charge in [0.05, 0.1) is 6.61 Å². The summed E-state index contributed by atoms with van der Waals surface area (Å²) in [7, 11) is -1.41. The van der Waals surface area contributed by atoms with Gasteiger partial charge in [-0.25, -0.2) is 0 Å². The SMILES string of the molecule is CC1(C)COc2ccc(/C=C/B(O)O)cc21. The van der Waals surface area contributed by atoms with Gasteiger partial charge in [0.15, 0.2) is 0 Å². The molecule has 0 amide bonds. The Hall–Kier alpha value is -1.26. The molecule has 4 heteroatoms. The molecule has 3 nitrogen and oxygen atoms in total. The Morgan fingerprint density at radius 3 is 2.81 bits per heavy atom. The fourth-order valence-electron chi connectivity index (χ4n) is 1.84. The smallest absolute Gasteiger partial charge is 0.480 e. The fourth-order valence-corrected chi connectivity index (χ4v) is 1.84. The summed E-state index contributed by atoms with van der Waals surface area (Å²) in [4.78, 5) is 0. The second kappa shape index (κ2) is 3.96. The van der Waals surface area contributed by atoms with Crippen LogP contribution in [-0.2, 0) is 5.41 Å². The van der Waals surface area contributed by atoms with E-state index < -0.39 is 7.12 Å². The Labute approximate surface area is 95.5 Å². The minimum absolute atomic E-state index is 0.0248. The first-order valence-corrected chi connectivity index (χ1v) is 5.31. The van der Waals surface area contributed by atoms with E-state index >= 15 is 0 Å². The topological polar surface area (TPSA) is 49.7 Å². The molecular formula is C12H15BO3. The number of benzene rings is 1. The first-order valence-electron chi connectivity index (χ1n) is 5.31. The molecule has 1 heterocycles. The summed E-state index contributed by atoms with van der Waals surface area (Å²) in [5.74, 6) is 2.26. The van der Waals surface area contributed by atoms with E-state index in [1.54, 1.807) is 6.08 Å². The maximum atomic E-state index is 8.75. The molecule has 0 aliphatic carbocycles. The Morgan fingerprint density at radius 1 is 1.38 bits per heavy atom. The van der Waals surface area contributed by atoms with Gasteiger partial charge in [-0.1, -0.05) is 32.0 Å². The standard InChI is InChI=1S/C12H15BO3/c1-12(2)8-16-11-4-3-9(7-10(11)12)5-6-13(14)15/h3-7,14-15H,8H2,1-2H3/b6-5+. The largest absolute Gasteiger partial charge is 0.492 e. The third-order valence-electron chi connectivity index (χ3n) is 2.78. The highest BCUT2D eigenvalue weighted by Gasteiger charge is 2.31. The van der Waals surface area contributed by atoms with E-state index in [2.05, 4.69) is 13.8 Å². The van der Waals surface area contributed by atoms with Crippen LogP contribution in [0.3, 0.4) is 0 Å². The highest BCUT2D eigenvalue weighted by Crippen LogP contribution is 2.38. The van der Waals surface area contributed by atoms with E-state index in [0.29, 0.717) is 6.61 Å². The number of ether oxygens (including phenoxy) is 1.